The number of ether oxygens (including phenoxy) is 1. The van der Waals surface area contributed by atoms with Crippen molar-refractivity contribution >= 4 is 51.6 Å². The van der Waals surface area contributed by atoms with Gasteiger partial charge in [-0.2, -0.15) is 0 Å². The number of carbonyl (C=O) groups excluding carboxylic acids is 2. The van der Waals surface area contributed by atoms with Gasteiger partial charge in [0.25, 0.3) is 0 Å². The van der Waals surface area contributed by atoms with Gasteiger partial charge >= 0.3 is 5.97 Å². The second kappa shape index (κ2) is 9.78. The van der Waals surface area contributed by atoms with Crippen LogP contribution in [0.3, 0.4) is 0 Å². The minimum atomic E-state index is -0.443. The Morgan fingerprint density at radius 1 is 1.11 bits per heavy atom. The lowest BCUT2D eigenvalue weighted by molar-refractivity contribution is -0.113. The summed E-state index contributed by atoms with van der Waals surface area (Å²) in [6.45, 7) is 2.03. The standard InChI is InChI=1S/C21H18ClNO3S2/c1-2-26-21(25)17-12-18(14-6-4-3-5-7-14)28-20(17)23-19(24)13-27-16-10-8-15(22)9-11-16/h3-12H,2,13H2,1H3,(H,23,24). The fourth-order valence-corrected chi connectivity index (χ4v) is 4.32. The zero-order chi connectivity index (χ0) is 19.9. The highest BCUT2D eigenvalue weighted by Crippen LogP contribution is 2.36. The highest BCUT2D eigenvalue weighted by Gasteiger charge is 2.19. The first kappa shape index (κ1) is 20.5. The summed E-state index contributed by atoms with van der Waals surface area (Å²) in [5.41, 5.74) is 1.35. The zero-order valence-corrected chi connectivity index (χ0v) is 17.5. The SMILES string of the molecule is CCOC(=O)c1cc(-c2ccccc2)sc1NC(=O)CSc1ccc(Cl)cc1. The van der Waals surface area contributed by atoms with Gasteiger partial charge in [-0.1, -0.05) is 41.9 Å². The van der Waals surface area contributed by atoms with E-state index in [0.717, 1.165) is 15.3 Å². The number of amides is 1. The van der Waals surface area contributed by atoms with Crippen LogP contribution >= 0.6 is 34.7 Å². The van der Waals surface area contributed by atoms with Gasteiger partial charge in [0, 0.05) is 14.8 Å². The molecular weight excluding hydrogens is 414 g/mol. The average Bonchev–Trinajstić information content (AvgIpc) is 3.12. The van der Waals surface area contributed by atoms with Gasteiger partial charge in [-0.3, -0.25) is 4.79 Å². The number of rotatable bonds is 7. The topological polar surface area (TPSA) is 55.4 Å². The minimum Gasteiger partial charge on any atom is -0.462 e. The fourth-order valence-electron chi connectivity index (χ4n) is 2.43. The van der Waals surface area contributed by atoms with Crippen molar-refractivity contribution in [3.05, 3.63) is 71.2 Å². The summed E-state index contributed by atoms with van der Waals surface area (Å²) in [6, 6.07) is 18.8. The number of thiophene rings is 1. The van der Waals surface area contributed by atoms with Crippen molar-refractivity contribution in [3.8, 4) is 10.4 Å². The van der Waals surface area contributed by atoms with E-state index in [1.165, 1.54) is 23.1 Å². The molecule has 0 aliphatic heterocycles. The summed E-state index contributed by atoms with van der Waals surface area (Å²) in [5.74, 6) is -0.406. The molecule has 0 saturated carbocycles. The molecule has 0 atom stereocenters. The summed E-state index contributed by atoms with van der Waals surface area (Å²) in [5, 5.41) is 4.01. The molecule has 1 aromatic heterocycles. The molecule has 1 amide bonds. The molecule has 0 unspecified atom stereocenters. The van der Waals surface area contributed by atoms with E-state index in [1.54, 1.807) is 25.1 Å². The Hall–Kier alpha value is -2.28. The molecule has 0 bridgehead atoms. The lowest BCUT2D eigenvalue weighted by atomic mass is 10.1. The highest BCUT2D eigenvalue weighted by atomic mass is 35.5. The van der Waals surface area contributed by atoms with Gasteiger partial charge in [0.05, 0.1) is 17.9 Å². The molecule has 4 nitrogen and oxygen atoms in total. The molecule has 28 heavy (non-hydrogen) atoms. The van der Waals surface area contributed by atoms with Crippen LogP contribution in [0.1, 0.15) is 17.3 Å². The first-order chi connectivity index (χ1) is 13.6. The van der Waals surface area contributed by atoms with Crippen molar-refractivity contribution in [2.24, 2.45) is 0 Å². The van der Waals surface area contributed by atoms with Gasteiger partial charge in [0.2, 0.25) is 5.91 Å². The lowest BCUT2D eigenvalue weighted by Crippen LogP contribution is -2.15. The third-order valence-electron chi connectivity index (χ3n) is 3.72. The highest BCUT2D eigenvalue weighted by molar-refractivity contribution is 8.00. The summed E-state index contributed by atoms with van der Waals surface area (Å²) >= 11 is 8.64. The molecule has 0 aliphatic carbocycles. The van der Waals surface area contributed by atoms with E-state index < -0.39 is 5.97 Å². The molecule has 1 heterocycles. The number of carbonyl (C=O) groups is 2. The van der Waals surface area contributed by atoms with E-state index >= 15 is 0 Å². The van der Waals surface area contributed by atoms with Crippen LogP contribution in [0.5, 0.6) is 0 Å². The monoisotopic (exact) mass is 431 g/mol. The van der Waals surface area contributed by atoms with Crippen molar-refractivity contribution in [1.82, 2.24) is 0 Å². The van der Waals surface area contributed by atoms with Crippen LogP contribution < -0.4 is 5.32 Å². The molecule has 144 valence electrons. The number of halogens is 1. The molecule has 0 fully saturated rings. The Balaban J connectivity index is 1.75. The number of esters is 1. The second-order valence-corrected chi connectivity index (χ2v) is 8.27. The lowest BCUT2D eigenvalue weighted by Gasteiger charge is -2.06. The van der Waals surface area contributed by atoms with Gasteiger partial charge < -0.3 is 10.1 Å². The average molecular weight is 432 g/mol. The third-order valence-corrected chi connectivity index (χ3v) is 6.09. The summed E-state index contributed by atoms with van der Waals surface area (Å²) in [4.78, 5) is 26.6. The van der Waals surface area contributed by atoms with E-state index in [9.17, 15) is 9.59 Å². The van der Waals surface area contributed by atoms with Crippen LogP contribution in [0, 0.1) is 0 Å². The van der Waals surface area contributed by atoms with Crippen LogP contribution in [0.25, 0.3) is 10.4 Å². The molecule has 1 N–H and O–H groups in total. The number of hydrogen-bond donors (Lipinski definition) is 1. The molecule has 0 aliphatic rings. The van der Waals surface area contributed by atoms with Crippen LogP contribution in [0.4, 0.5) is 5.00 Å². The predicted octanol–water partition coefficient (Wildman–Crippen LogP) is 5.98. The molecular formula is C21H18ClNO3S2. The van der Waals surface area contributed by atoms with E-state index in [-0.39, 0.29) is 18.3 Å². The van der Waals surface area contributed by atoms with Crippen molar-refractivity contribution in [2.45, 2.75) is 11.8 Å². The Morgan fingerprint density at radius 3 is 2.50 bits per heavy atom. The van der Waals surface area contributed by atoms with Crippen molar-refractivity contribution in [1.29, 1.82) is 0 Å². The second-order valence-electron chi connectivity index (χ2n) is 5.73. The van der Waals surface area contributed by atoms with E-state index in [4.69, 9.17) is 16.3 Å². The molecule has 3 rings (SSSR count). The van der Waals surface area contributed by atoms with Gasteiger partial charge in [0.1, 0.15) is 5.00 Å². The van der Waals surface area contributed by atoms with E-state index in [1.807, 2.05) is 42.5 Å². The van der Waals surface area contributed by atoms with Crippen molar-refractivity contribution in [2.75, 3.05) is 17.7 Å². The third kappa shape index (κ3) is 5.38. The Bertz CT molecular complexity index is 956. The molecule has 2 aromatic carbocycles. The number of nitrogens with one attached hydrogen (secondary N) is 1. The van der Waals surface area contributed by atoms with Gasteiger partial charge in [-0.15, -0.1) is 23.1 Å². The van der Waals surface area contributed by atoms with Crippen molar-refractivity contribution in [3.63, 3.8) is 0 Å². The van der Waals surface area contributed by atoms with Crippen LogP contribution in [-0.4, -0.2) is 24.2 Å². The van der Waals surface area contributed by atoms with E-state index in [2.05, 4.69) is 5.32 Å². The Labute approximate surface area is 176 Å². The first-order valence-corrected chi connectivity index (χ1v) is 10.8. The van der Waals surface area contributed by atoms with Crippen LogP contribution in [0.15, 0.2) is 65.6 Å². The molecule has 0 radical (unpaired) electrons. The number of benzene rings is 2. The van der Waals surface area contributed by atoms with Gasteiger partial charge in [-0.05, 0) is 42.8 Å². The largest absolute Gasteiger partial charge is 0.462 e. The normalized spacial score (nSPS) is 10.5. The van der Waals surface area contributed by atoms with Gasteiger partial charge in [-0.25, -0.2) is 4.79 Å². The maximum atomic E-state index is 12.4. The summed E-state index contributed by atoms with van der Waals surface area (Å²) in [7, 11) is 0. The quantitative estimate of drug-likeness (QED) is 0.369. The maximum absolute atomic E-state index is 12.4. The number of thioether (sulfide) groups is 1. The number of hydrogen-bond acceptors (Lipinski definition) is 5. The van der Waals surface area contributed by atoms with Crippen LogP contribution in [0.2, 0.25) is 5.02 Å². The van der Waals surface area contributed by atoms with Gasteiger partial charge in [0.15, 0.2) is 0 Å². The minimum absolute atomic E-state index is 0.188. The Morgan fingerprint density at radius 2 is 1.82 bits per heavy atom. The molecule has 0 saturated heterocycles. The maximum Gasteiger partial charge on any atom is 0.341 e. The molecule has 3 aromatic rings. The van der Waals surface area contributed by atoms with Crippen molar-refractivity contribution < 1.29 is 14.3 Å². The Kier molecular flexibility index (Phi) is 7.14. The summed E-state index contributed by atoms with van der Waals surface area (Å²) < 4.78 is 5.14. The summed E-state index contributed by atoms with van der Waals surface area (Å²) in [6.07, 6.45) is 0. The first-order valence-electron chi connectivity index (χ1n) is 8.61. The van der Waals surface area contributed by atoms with E-state index in [0.29, 0.717) is 15.6 Å². The zero-order valence-electron chi connectivity index (χ0n) is 15.1. The van der Waals surface area contributed by atoms with Crippen LogP contribution in [-0.2, 0) is 9.53 Å². The predicted molar refractivity (Wildman–Crippen MR) is 117 cm³/mol. The molecule has 7 heteroatoms. The molecule has 0 spiro atoms. The number of anilines is 1. The fraction of sp³-hybridized carbons (Fsp3) is 0.143. The smallest absolute Gasteiger partial charge is 0.341 e.